The second-order valence-electron chi connectivity index (χ2n) is 7.01. The Morgan fingerprint density at radius 2 is 2.15 bits per heavy atom. The molecule has 2 heterocycles. The third-order valence-corrected chi connectivity index (χ3v) is 5.19. The summed E-state index contributed by atoms with van der Waals surface area (Å²) in [4.78, 5) is 19.1. The van der Waals surface area contributed by atoms with Crippen molar-refractivity contribution in [2.45, 2.75) is 20.0 Å². The maximum atomic E-state index is 12.3. The van der Waals surface area contributed by atoms with E-state index in [4.69, 9.17) is 14.2 Å². The fourth-order valence-electron chi connectivity index (χ4n) is 3.04. The van der Waals surface area contributed by atoms with Crippen molar-refractivity contribution in [3.05, 3.63) is 35.3 Å². The van der Waals surface area contributed by atoms with Crippen LogP contribution in [0.3, 0.4) is 0 Å². The van der Waals surface area contributed by atoms with Crippen LogP contribution in [0.1, 0.15) is 24.3 Å². The topological polar surface area (TPSA) is 60.9 Å². The van der Waals surface area contributed by atoms with Gasteiger partial charge in [-0.2, -0.15) is 0 Å². The number of thiazole rings is 1. The molecule has 0 aliphatic carbocycles. The lowest BCUT2D eigenvalue weighted by Crippen LogP contribution is -2.45. The molecule has 0 N–H and O–H groups in total. The van der Waals surface area contributed by atoms with E-state index >= 15 is 0 Å². The van der Waals surface area contributed by atoms with Gasteiger partial charge in [0.2, 0.25) is 0 Å². The van der Waals surface area contributed by atoms with E-state index in [0.29, 0.717) is 18.2 Å². The molecule has 0 amide bonds. The van der Waals surface area contributed by atoms with Gasteiger partial charge in [-0.05, 0) is 30.2 Å². The van der Waals surface area contributed by atoms with Crippen molar-refractivity contribution in [2.75, 3.05) is 40.0 Å². The third kappa shape index (κ3) is 5.51. The van der Waals surface area contributed by atoms with Gasteiger partial charge >= 0.3 is 5.97 Å². The van der Waals surface area contributed by atoms with Crippen molar-refractivity contribution < 1.29 is 19.0 Å². The van der Waals surface area contributed by atoms with Crippen LogP contribution in [-0.4, -0.2) is 61.9 Å². The Kier molecular flexibility index (Phi) is 6.82. The molecular weight excluding hydrogens is 364 g/mol. The molecular formula is C20H26N2O4S. The molecule has 1 saturated heterocycles. The van der Waals surface area contributed by atoms with E-state index in [0.717, 1.165) is 36.0 Å². The Hall–Kier alpha value is -1.96. The van der Waals surface area contributed by atoms with Crippen LogP contribution in [0.25, 0.3) is 10.6 Å². The normalized spacial score (nSPS) is 17.9. The summed E-state index contributed by atoms with van der Waals surface area (Å²) in [6.45, 7) is 8.08. The summed E-state index contributed by atoms with van der Waals surface area (Å²) >= 11 is 1.42. The minimum absolute atomic E-state index is 0.0823. The number of hydrogen-bond donors (Lipinski definition) is 0. The summed E-state index contributed by atoms with van der Waals surface area (Å²) in [5.74, 6) is 0.988. The van der Waals surface area contributed by atoms with E-state index in [-0.39, 0.29) is 12.7 Å². The second kappa shape index (κ2) is 9.30. The van der Waals surface area contributed by atoms with Crippen LogP contribution < -0.4 is 4.74 Å². The van der Waals surface area contributed by atoms with Crippen LogP contribution in [0.2, 0.25) is 0 Å². The van der Waals surface area contributed by atoms with Gasteiger partial charge in [0, 0.05) is 30.6 Å². The zero-order valence-electron chi connectivity index (χ0n) is 16.0. The van der Waals surface area contributed by atoms with Gasteiger partial charge in [0.05, 0.1) is 13.7 Å². The SMILES string of the molecule is COc1ccc(-c2nc(C(=O)OCC3CN(CC(C)C)CCO3)cs2)cc1. The van der Waals surface area contributed by atoms with Crippen LogP contribution in [0.5, 0.6) is 5.75 Å². The summed E-state index contributed by atoms with van der Waals surface area (Å²) in [6, 6.07) is 7.59. The molecule has 0 saturated carbocycles. The van der Waals surface area contributed by atoms with Crippen molar-refractivity contribution in [3.63, 3.8) is 0 Å². The lowest BCUT2D eigenvalue weighted by Gasteiger charge is -2.33. The molecule has 1 aliphatic rings. The number of methoxy groups -OCH3 is 1. The molecule has 1 aliphatic heterocycles. The molecule has 1 atom stereocenters. The molecule has 27 heavy (non-hydrogen) atoms. The molecule has 1 aromatic carbocycles. The summed E-state index contributed by atoms with van der Waals surface area (Å²) in [5, 5.41) is 2.51. The standard InChI is InChI=1S/C20H26N2O4S/c1-14(2)10-22-8-9-25-17(11-22)12-26-20(23)18-13-27-19(21-18)15-4-6-16(24-3)7-5-15/h4-7,13-14,17H,8-12H2,1-3H3. The molecule has 146 valence electrons. The zero-order chi connectivity index (χ0) is 19.2. The van der Waals surface area contributed by atoms with Crippen LogP contribution in [0, 0.1) is 5.92 Å². The molecule has 1 aromatic heterocycles. The van der Waals surface area contributed by atoms with Crippen LogP contribution >= 0.6 is 11.3 Å². The van der Waals surface area contributed by atoms with Gasteiger partial charge in [-0.1, -0.05) is 13.8 Å². The van der Waals surface area contributed by atoms with E-state index in [9.17, 15) is 4.79 Å². The number of morpholine rings is 1. The average molecular weight is 391 g/mol. The number of esters is 1. The minimum atomic E-state index is -0.407. The first-order valence-corrected chi connectivity index (χ1v) is 10.0. The monoisotopic (exact) mass is 390 g/mol. The van der Waals surface area contributed by atoms with E-state index in [1.165, 1.54) is 11.3 Å². The Balaban J connectivity index is 1.53. The highest BCUT2D eigenvalue weighted by Gasteiger charge is 2.23. The summed E-state index contributed by atoms with van der Waals surface area (Å²) in [6.07, 6.45) is -0.0823. The predicted octanol–water partition coefficient (Wildman–Crippen LogP) is 3.33. The summed E-state index contributed by atoms with van der Waals surface area (Å²) in [5.41, 5.74) is 1.28. The Labute approximate surface area is 164 Å². The van der Waals surface area contributed by atoms with Crippen molar-refractivity contribution in [1.29, 1.82) is 0 Å². The van der Waals surface area contributed by atoms with Gasteiger partial charge in [0.1, 0.15) is 23.5 Å². The number of hydrogen-bond acceptors (Lipinski definition) is 7. The Bertz CT molecular complexity index is 745. The molecule has 2 aromatic rings. The molecule has 0 radical (unpaired) electrons. The fraction of sp³-hybridized carbons (Fsp3) is 0.500. The first-order valence-electron chi connectivity index (χ1n) is 9.16. The number of rotatable bonds is 7. The fourth-order valence-corrected chi connectivity index (χ4v) is 3.84. The van der Waals surface area contributed by atoms with Crippen LogP contribution in [0.15, 0.2) is 29.6 Å². The number of benzene rings is 1. The number of aromatic nitrogens is 1. The first-order chi connectivity index (χ1) is 13.0. The van der Waals surface area contributed by atoms with Gasteiger partial charge in [-0.15, -0.1) is 11.3 Å². The highest BCUT2D eigenvalue weighted by molar-refractivity contribution is 7.13. The van der Waals surface area contributed by atoms with Gasteiger partial charge < -0.3 is 14.2 Å². The number of carbonyl (C=O) groups excluding carboxylic acids is 1. The largest absolute Gasteiger partial charge is 0.497 e. The smallest absolute Gasteiger partial charge is 0.357 e. The molecule has 0 bridgehead atoms. The average Bonchev–Trinajstić information content (AvgIpc) is 3.16. The summed E-state index contributed by atoms with van der Waals surface area (Å²) in [7, 11) is 1.63. The summed E-state index contributed by atoms with van der Waals surface area (Å²) < 4.78 is 16.3. The molecule has 1 unspecified atom stereocenters. The zero-order valence-corrected chi connectivity index (χ0v) is 16.8. The maximum absolute atomic E-state index is 12.3. The van der Waals surface area contributed by atoms with E-state index in [1.54, 1.807) is 12.5 Å². The Morgan fingerprint density at radius 3 is 2.85 bits per heavy atom. The molecule has 7 heteroatoms. The van der Waals surface area contributed by atoms with Crippen LogP contribution in [-0.2, 0) is 9.47 Å². The highest BCUT2D eigenvalue weighted by atomic mass is 32.1. The van der Waals surface area contributed by atoms with Gasteiger partial charge in [-0.3, -0.25) is 4.90 Å². The maximum Gasteiger partial charge on any atom is 0.357 e. The lowest BCUT2D eigenvalue weighted by atomic mass is 10.2. The van der Waals surface area contributed by atoms with E-state index in [1.807, 2.05) is 24.3 Å². The first kappa shape index (κ1) is 19.8. The van der Waals surface area contributed by atoms with Gasteiger partial charge in [0.25, 0.3) is 0 Å². The Morgan fingerprint density at radius 1 is 1.37 bits per heavy atom. The molecule has 3 rings (SSSR count). The van der Waals surface area contributed by atoms with E-state index < -0.39 is 5.97 Å². The van der Waals surface area contributed by atoms with Gasteiger partial charge in [0.15, 0.2) is 5.69 Å². The second-order valence-corrected chi connectivity index (χ2v) is 7.87. The van der Waals surface area contributed by atoms with Crippen LogP contribution in [0.4, 0.5) is 0 Å². The molecule has 1 fully saturated rings. The lowest BCUT2D eigenvalue weighted by molar-refractivity contribution is -0.0613. The third-order valence-electron chi connectivity index (χ3n) is 4.30. The number of nitrogens with zero attached hydrogens (tertiary/aromatic N) is 2. The number of ether oxygens (including phenoxy) is 3. The minimum Gasteiger partial charge on any atom is -0.497 e. The van der Waals surface area contributed by atoms with Gasteiger partial charge in [-0.25, -0.2) is 9.78 Å². The molecule has 0 spiro atoms. The quantitative estimate of drug-likeness (QED) is 0.676. The number of carbonyl (C=O) groups is 1. The van der Waals surface area contributed by atoms with Crippen molar-refractivity contribution in [2.24, 2.45) is 5.92 Å². The van der Waals surface area contributed by atoms with Crippen molar-refractivity contribution >= 4 is 17.3 Å². The van der Waals surface area contributed by atoms with E-state index in [2.05, 4.69) is 23.7 Å². The predicted molar refractivity (Wildman–Crippen MR) is 105 cm³/mol. The highest BCUT2D eigenvalue weighted by Crippen LogP contribution is 2.26. The molecule has 6 nitrogen and oxygen atoms in total. The van der Waals surface area contributed by atoms with Crippen molar-refractivity contribution in [3.8, 4) is 16.3 Å². The van der Waals surface area contributed by atoms with Crippen molar-refractivity contribution in [1.82, 2.24) is 9.88 Å².